The molecule has 0 radical (unpaired) electrons. The van der Waals surface area contributed by atoms with Crippen molar-refractivity contribution in [1.29, 1.82) is 0 Å². The zero-order valence-corrected chi connectivity index (χ0v) is 12.4. The highest BCUT2D eigenvalue weighted by Gasteiger charge is 2.12. The fourth-order valence-corrected chi connectivity index (χ4v) is 2.07. The van der Waals surface area contributed by atoms with Crippen LogP contribution in [0.3, 0.4) is 0 Å². The Morgan fingerprint density at radius 2 is 2.00 bits per heavy atom. The Bertz CT molecular complexity index is 366. The van der Waals surface area contributed by atoms with Gasteiger partial charge in [-0.2, -0.15) is 0 Å². The lowest BCUT2D eigenvalue weighted by molar-refractivity contribution is 0.116. The molecule has 108 valence electrons. The van der Waals surface area contributed by atoms with Crippen molar-refractivity contribution in [2.45, 2.75) is 45.6 Å². The lowest BCUT2D eigenvalue weighted by Crippen LogP contribution is -2.18. The molecule has 0 fully saturated rings. The van der Waals surface area contributed by atoms with Gasteiger partial charge in [0.15, 0.2) is 0 Å². The van der Waals surface area contributed by atoms with Crippen LogP contribution in [0.4, 0.5) is 0 Å². The van der Waals surface area contributed by atoms with Crippen LogP contribution in [0.25, 0.3) is 0 Å². The van der Waals surface area contributed by atoms with Crippen molar-refractivity contribution in [2.75, 3.05) is 20.3 Å². The van der Waals surface area contributed by atoms with Crippen LogP contribution in [0.15, 0.2) is 18.2 Å². The Balaban J connectivity index is 2.40. The van der Waals surface area contributed by atoms with Gasteiger partial charge in [0, 0.05) is 12.2 Å². The van der Waals surface area contributed by atoms with E-state index in [0.29, 0.717) is 6.61 Å². The van der Waals surface area contributed by atoms with Gasteiger partial charge in [-0.25, -0.2) is 0 Å². The molecule has 0 aromatic heterocycles. The number of aryl methyl sites for hydroxylation is 1. The van der Waals surface area contributed by atoms with Crippen LogP contribution in [0.5, 0.6) is 5.75 Å². The van der Waals surface area contributed by atoms with Gasteiger partial charge in [0.1, 0.15) is 5.75 Å². The second kappa shape index (κ2) is 8.94. The number of hydrogen-bond donors (Lipinski definition) is 1. The van der Waals surface area contributed by atoms with Gasteiger partial charge in [0.25, 0.3) is 0 Å². The van der Waals surface area contributed by atoms with Crippen molar-refractivity contribution in [3.8, 4) is 5.75 Å². The zero-order valence-electron chi connectivity index (χ0n) is 12.4. The van der Waals surface area contributed by atoms with Crippen LogP contribution in [-0.4, -0.2) is 20.3 Å². The quantitative estimate of drug-likeness (QED) is 0.694. The van der Waals surface area contributed by atoms with E-state index in [-0.39, 0.29) is 6.04 Å². The molecule has 3 nitrogen and oxygen atoms in total. The van der Waals surface area contributed by atoms with Crippen molar-refractivity contribution in [3.05, 3.63) is 29.3 Å². The van der Waals surface area contributed by atoms with E-state index in [1.54, 1.807) is 7.11 Å². The third-order valence-electron chi connectivity index (χ3n) is 3.22. The average molecular weight is 265 g/mol. The van der Waals surface area contributed by atoms with Crippen LogP contribution in [-0.2, 0) is 4.74 Å². The summed E-state index contributed by atoms with van der Waals surface area (Å²) in [6, 6.07) is 5.94. The Labute approximate surface area is 117 Å². The molecule has 0 saturated carbocycles. The lowest BCUT2D eigenvalue weighted by atomic mass is 10.0. The van der Waals surface area contributed by atoms with Gasteiger partial charge in [0.2, 0.25) is 0 Å². The van der Waals surface area contributed by atoms with E-state index >= 15 is 0 Å². The first-order valence-corrected chi connectivity index (χ1v) is 7.17. The molecule has 0 bridgehead atoms. The lowest BCUT2D eigenvalue weighted by Gasteiger charge is -2.16. The smallest absolute Gasteiger partial charge is 0.123 e. The zero-order chi connectivity index (χ0) is 14.1. The standard InChI is InChI=1S/C16H27NO2/c1-4-5-6-7-10-19-12-15(17)14-11-13(2)8-9-16(14)18-3/h8-9,11,15H,4-7,10,12,17H2,1-3H3. The largest absolute Gasteiger partial charge is 0.496 e. The predicted molar refractivity (Wildman–Crippen MR) is 79.6 cm³/mol. The minimum absolute atomic E-state index is 0.124. The van der Waals surface area contributed by atoms with Crippen molar-refractivity contribution in [1.82, 2.24) is 0 Å². The number of unbranched alkanes of at least 4 members (excludes halogenated alkanes) is 3. The summed E-state index contributed by atoms with van der Waals surface area (Å²) in [5, 5.41) is 0. The number of nitrogens with two attached hydrogens (primary N) is 1. The fraction of sp³-hybridized carbons (Fsp3) is 0.625. The predicted octanol–water partition coefficient (Wildman–Crippen LogP) is 3.60. The molecule has 0 saturated heterocycles. The Kier molecular flexibility index (Phi) is 7.53. The van der Waals surface area contributed by atoms with Gasteiger partial charge in [-0.1, -0.05) is 43.9 Å². The average Bonchev–Trinajstić information content (AvgIpc) is 2.42. The van der Waals surface area contributed by atoms with Crippen LogP contribution < -0.4 is 10.5 Å². The van der Waals surface area contributed by atoms with E-state index in [0.717, 1.165) is 24.3 Å². The second-order valence-electron chi connectivity index (χ2n) is 4.99. The number of rotatable bonds is 9. The summed E-state index contributed by atoms with van der Waals surface area (Å²) in [5.41, 5.74) is 8.39. The minimum atomic E-state index is -0.124. The van der Waals surface area contributed by atoms with Crippen molar-refractivity contribution >= 4 is 0 Å². The maximum atomic E-state index is 6.18. The molecule has 1 aromatic carbocycles. The van der Waals surface area contributed by atoms with Gasteiger partial charge in [0.05, 0.1) is 19.8 Å². The molecular formula is C16H27NO2. The first-order valence-electron chi connectivity index (χ1n) is 7.17. The summed E-state index contributed by atoms with van der Waals surface area (Å²) < 4.78 is 11.0. The fourth-order valence-electron chi connectivity index (χ4n) is 2.07. The SMILES string of the molecule is CCCCCCOCC(N)c1cc(C)ccc1OC. The van der Waals surface area contributed by atoms with Crippen LogP contribution in [0.2, 0.25) is 0 Å². The van der Waals surface area contributed by atoms with Crippen molar-refractivity contribution < 1.29 is 9.47 Å². The monoisotopic (exact) mass is 265 g/mol. The summed E-state index contributed by atoms with van der Waals surface area (Å²) in [5.74, 6) is 0.840. The molecule has 19 heavy (non-hydrogen) atoms. The second-order valence-corrected chi connectivity index (χ2v) is 4.99. The highest BCUT2D eigenvalue weighted by molar-refractivity contribution is 5.39. The van der Waals surface area contributed by atoms with E-state index in [2.05, 4.69) is 19.9 Å². The summed E-state index contributed by atoms with van der Waals surface area (Å²) in [4.78, 5) is 0. The molecular weight excluding hydrogens is 238 g/mol. The van der Waals surface area contributed by atoms with Gasteiger partial charge >= 0.3 is 0 Å². The molecule has 1 rings (SSSR count). The topological polar surface area (TPSA) is 44.5 Å². The van der Waals surface area contributed by atoms with Gasteiger partial charge in [-0.15, -0.1) is 0 Å². The Morgan fingerprint density at radius 1 is 1.21 bits per heavy atom. The Morgan fingerprint density at radius 3 is 2.68 bits per heavy atom. The van der Waals surface area contributed by atoms with E-state index in [1.165, 1.54) is 24.8 Å². The molecule has 0 heterocycles. The molecule has 0 aliphatic rings. The minimum Gasteiger partial charge on any atom is -0.496 e. The van der Waals surface area contributed by atoms with Gasteiger partial charge in [-0.3, -0.25) is 0 Å². The first kappa shape index (κ1) is 16.0. The molecule has 1 unspecified atom stereocenters. The number of methoxy groups -OCH3 is 1. The van der Waals surface area contributed by atoms with E-state index in [4.69, 9.17) is 15.2 Å². The van der Waals surface area contributed by atoms with E-state index < -0.39 is 0 Å². The molecule has 2 N–H and O–H groups in total. The summed E-state index contributed by atoms with van der Waals surface area (Å²) in [6.45, 7) is 5.61. The summed E-state index contributed by atoms with van der Waals surface area (Å²) in [7, 11) is 1.67. The molecule has 0 spiro atoms. The van der Waals surface area contributed by atoms with E-state index in [1.807, 2.05) is 12.1 Å². The number of ether oxygens (including phenoxy) is 2. The normalized spacial score (nSPS) is 12.4. The molecule has 0 amide bonds. The first-order chi connectivity index (χ1) is 9.19. The molecule has 1 atom stereocenters. The number of benzene rings is 1. The maximum absolute atomic E-state index is 6.18. The highest BCUT2D eigenvalue weighted by Crippen LogP contribution is 2.25. The third-order valence-corrected chi connectivity index (χ3v) is 3.22. The Hall–Kier alpha value is -1.06. The van der Waals surface area contributed by atoms with Gasteiger partial charge in [-0.05, 0) is 19.4 Å². The maximum Gasteiger partial charge on any atom is 0.123 e. The van der Waals surface area contributed by atoms with Crippen molar-refractivity contribution in [2.24, 2.45) is 5.73 Å². The van der Waals surface area contributed by atoms with Crippen molar-refractivity contribution in [3.63, 3.8) is 0 Å². The molecule has 0 aliphatic carbocycles. The summed E-state index contributed by atoms with van der Waals surface area (Å²) >= 11 is 0. The van der Waals surface area contributed by atoms with Crippen LogP contribution in [0.1, 0.15) is 49.8 Å². The molecule has 1 aromatic rings. The van der Waals surface area contributed by atoms with E-state index in [9.17, 15) is 0 Å². The number of hydrogen-bond acceptors (Lipinski definition) is 3. The summed E-state index contributed by atoms with van der Waals surface area (Å²) in [6.07, 6.45) is 4.88. The van der Waals surface area contributed by atoms with Crippen LogP contribution in [0, 0.1) is 6.92 Å². The third kappa shape index (κ3) is 5.62. The van der Waals surface area contributed by atoms with Crippen LogP contribution >= 0.6 is 0 Å². The molecule has 3 heteroatoms. The molecule has 0 aliphatic heterocycles. The van der Waals surface area contributed by atoms with Gasteiger partial charge < -0.3 is 15.2 Å². The highest BCUT2D eigenvalue weighted by atomic mass is 16.5.